The molecule has 0 amide bonds. The van der Waals surface area contributed by atoms with Gasteiger partial charge in [0.1, 0.15) is 61.4 Å². The van der Waals surface area contributed by atoms with Crippen molar-refractivity contribution < 1.29 is 26.5 Å². The lowest BCUT2D eigenvalue weighted by molar-refractivity contribution is 0.668. The fourth-order valence-electron chi connectivity index (χ4n) is 17.7. The van der Waals surface area contributed by atoms with Crippen LogP contribution < -0.4 is 9.80 Å². The first kappa shape index (κ1) is 62.0. The van der Waals surface area contributed by atoms with E-state index in [2.05, 4.69) is 362 Å². The summed E-state index contributed by atoms with van der Waals surface area (Å²) < 4.78 is 40.6. The van der Waals surface area contributed by atoms with Crippen molar-refractivity contribution in [2.75, 3.05) is 9.80 Å². The topological polar surface area (TPSA) is 85.3 Å². The van der Waals surface area contributed by atoms with Gasteiger partial charge in [0.05, 0.1) is 22.4 Å². The Bertz CT molecular complexity index is 8050. The molecule has 8 nitrogen and oxygen atoms in total. The molecule has 0 aliphatic heterocycles. The van der Waals surface area contributed by atoms with Crippen LogP contribution >= 0.6 is 0 Å². The van der Waals surface area contributed by atoms with Gasteiger partial charge in [0, 0.05) is 92.8 Å². The summed E-state index contributed by atoms with van der Waals surface area (Å²) in [6.45, 7) is 0. The van der Waals surface area contributed by atoms with E-state index in [1.165, 1.54) is 10.8 Å². The van der Waals surface area contributed by atoms with E-state index in [9.17, 15) is 0 Å². The SMILES string of the molecule is c1ccc(N(c2ccc3ccccc3c2)c2cccc3c2oc2ccc(-c4cccc5c4oc4ccc(-c6ccc7oc8cc(-c9cc(N(c%10ccccc%10)c%10cccc%11oc%12ccc(-c%13cccc%14c%13oc%13ccc(-c%15ccc%16c(c%15)oc%15ccccc%15%16)cc%13%14)cc%12c%10%11)c%10ccccc%10c9)ccc8c7c6)cc45)cc23)cc1. The molecule has 522 valence electrons. The zero-order chi connectivity index (χ0) is 73.2. The fraction of sp³-hybridized carbons (Fsp3) is 0. The molecule has 0 N–H and O–H groups in total. The maximum atomic E-state index is 6.87. The van der Waals surface area contributed by atoms with E-state index in [-0.39, 0.29) is 0 Å². The predicted molar refractivity (Wildman–Crippen MR) is 462 cm³/mol. The van der Waals surface area contributed by atoms with Crippen LogP contribution in [-0.2, 0) is 0 Å². The van der Waals surface area contributed by atoms with E-state index < -0.39 is 0 Å². The van der Waals surface area contributed by atoms with Crippen LogP contribution in [0.3, 0.4) is 0 Å². The molecule has 24 rings (SSSR count). The van der Waals surface area contributed by atoms with Gasteiger partial charge in [0.15, 0.2) is 5.58 Å². The van der Waals surface area contributed by atoms with Crippen molar-refractivity contribution in [3.63, 3.8) is 0 Å². The van der Waals surface area contributed by atoms with Gasteiger partial charge in [-0.2, -0.15) is 0 Å². The number of fused-ring (bicyclic) bond motifs is 20. The first-order valence-electron chi connectivity index (χ1n) is 37.9. The summed E-state index contributed by atoms with van der Waals surface area (Å²) in [5.74, 6) is 0. The van der Waals surface area contributed by atoms with Gasteiger partial charge >= 0.3 is 0 Å². The molecule has 0 atom stereocenters. The maximum Gasteiger partial charge on any atom is 0.159 e. The van der Waals surface area contributed by atoms with Gasteiger partial charge in [0.25, 0.3) is 0 Å². The number of hydrogen-bond donors (Lipinski definition) is 0. The third-order valence-corrected chi connectivity index (χ3v) is 23.0. The molecule has 24 aromatic rings. The second-order valence-corrected chi connectivity index (χ2v) is 29.3. The summed E-state index contributed by atoms with van der Waals surface area (Å²) in [5.41, 5.74) is 26.5. The van der Waals surface area contributed by atoms with Crippen LogP contribution in [0.2, 0.25) is 0 Å². The Morgan fingerprint density at radius 3 is 1.22 bits per heavy atom. The Morgan fingerprint density at radius 1 is 0.161 bits per heavy atom. The summed E-state index contributed by atoms with van der Waals surface area (Å²) in [6, 6.07) is 129. The Hall–Kier alpha value is -15.1. The number of benzene rings is 18. The number of hydrogen-bond acceptors (Lipinski definition) is 8. The van der Waals surface area contributed by atoms with Crippen LogP contribution in [0.1, 0.15) is 0 Å². The third-order valence-electron chi connectivity index (χ3n) is 23.0. The molecule has 112 heavy (non-hydrogen) atoms. The Kier molecular flexibility index (Phi) is 13.4. The minimum Gasteiger partial charge on any atom is -0.456 e. The second-order valence-electron chi connectivity index (χ2n) is 29.3. The molecule has 0 saturated carbocycles. The van der Waals surface area contributed by atoms with Crippen LogP contribution in [0.4, 0.5) is 34.1 Å². The molecule has 0 fully saturated rings. The van der Waals surface area contributed by atoms with E-state index >= 15 is 0 Å². The second kappa shape index (κ2) is 24.2. The number of nitrogens with zero attached hydrogens (tertiary/aromatic N) is 2. The van der Waals surface area contributed by atoms with Crippen molar-refractivity contribution in [1.82, 2.24) is 0 Å². The molecule has 6 aromatic heterocycles. The molecule has 0 radical (unpaired) electrons. The minimum absolute atomic E-state index is 0.791. The minimum atomic E-state index is 0.791. The van der Waals surface area contributed by atoms with Crippen molar-refractivity contribution in [2.45, 2.75) is 0 Å². The summed E-state index contributed by atoms with van der Waals surface area (Å²) in [7, 11) is 0. The summed E-state index contributed by atoms with van der Waals surface area (Å²) in [4.78, 5) is 4.69. The lowest BCUT2D eigenvalue weighted by atomic mass is 9.96. The molecule has 0 saturated heterocycles. The monoisotopic (exact) mass is 1430 g/mol. The zero-order valence-corrected chi connectivity index (χ0v) is 60.0. The lowest BCUT2D eigenvalue weighted by Crippen LogP contribution is -2.11. The molecular weight excluding hydrogens is 1370 g/mol. The van der Waals surface area contributed by atoms with E-state index in [1.807, 2.05) is 12.1 Å². The summed E-state index contributed by atoms with van der Waals surface area (Å²) in [6.07, 6.45) is 0. The van der Waals surface area contributed by atoms with Crippen molar-refractivity contribution in [3.8, 4) is 55.6 Å². The number of para-hydroxylation sites is 6. The molecule has 0 spiro atoms. The van der Waals surface area contributed by atoms with Crippen LogP contribution in [0.5, 0.6) is 0 Å². The molecule has 0 bridgehead atoms. The number of anilines is 6. The molecule has 6 heterocycles. The lowest BCUT2D eigenvalue weighted by Gasteiger charge is -2.28. The molecule has 8 heteroatoms. The highest BCUT2D eigenvalue weighted by Crippen LogP contribution is 2.51. The maximum absolute atomic E-state index is 6.87. The van der Waals surface area contributed by atoms with E-state index in [0.717, 1.165) is 232 Å². The largest absolute Gasteiger partial charge is 0.456 e. The van der Waals surface area contributed by atoms with Crippen molar-refractivity contribution in [1.29, 1.82) is 0 Å². The third kappa shape index (κ3) is 9.68. The number of rotatable bonds is 11. The highest BCUT2D eigenvalue weighted by Gasteiger charge is 2.26. The molecule has 0 unspecified atom stereocenters. The van der Waals surface area contributed by atoms with Gasteiger partial charge in [0.2, 0.25) is 0 Å². The van der Waals surface area contributed by atoms with Crippen molar-refractivity contribution >= 4 is 187 Å². The number of furan rings is 6. The summed E-state index contributed by atoms with van der Waals surface area (Å²) >= 11 is 0. The zero-order valence-electron chi connectivity index (χ0n) is 60.0. The molecular formula is C104H60N2O6. The Morgan fingerprint density at radius 2 is 0.571 bits per heavy atom. The normalized spacial score (nSPS) is 12.1. The van der Waals surface area contributed by atoms with Crippen LogP contribution in [-0.4, -0.2) is 0 Å². The highest BCUT2D eigenvalue weighted by atomic mass is 16.3. The van der Waals surface area contributed by atoms with Gasteiger partial charge in [-0.1, -0.05) is 206 Å². The Labute approximate surface area is 639 Å². The van der Waals surface area contributed by atoms with Crippen molar-refractivity contribution in [3.05, 3.63) is 364 Å². The smallest absolute Gasteiger partial charge is 0.159 e. The molecule has 0 aliphatic rings. The van der Waals surface area contributed by atoms with Gasteiger partial charge in [-0.25, -0.2) is 0 Å². The highest BCUT2D eigenvalue weighted by molar-refractivity contribution is 6.19. The quantitative estimate of drug-likeness (QED) is 0.127. The van der Waals surface area contributed by atoms with E-state index in [1.54, 1.807) is 0 Å². The Balaban J connectivity index is 0.563. The van der Waals surface area contributed by atoms with Gasteiger partial charge in [-0.15, -0.1) is 0 Å². The summed E-state index contributed by atoms with van der Waals surface area (Å²) in [5, 5.41) is 17.2. The van der Waals surface area contributed by atoms with Gasteiger partial charge in [-0.05, 0) is 218 Å². The standard InChI is InChI=1S/C104H60N2O6/c1-3-20-72(21-4-1)105(74-43-35-61-17-7-8-18-62(61)52-74)90-32-15-30-83-87-56-69(41-49-96(87)112-104(83)90)76-26-13-28-81-85-54-64(39-47-94(85)110-102(76)81)63-38-46-93-84(53-63)80-45-37-67(60-100(80)109-93)71-51-68-19-9-10-24-75(68)91(58-71)106(73-22-5-2-6-23-73)89-31-16-34-98-101(89)88-57-70(42-50-97(88)107-98)77-27-14-29-82-86-55-65(40-48-95(86)111-103(77)82)66-36-44-79-78-25-11-12-33-92(78)108-99(79)59-66/h1-60H. The average Bonchev–Trinajstić information content (AvgIpc) is 1.27. The average molecular weight is 1430 g/mol. The van der Waals surface area contributed by atoms with E-state index in [4.69, 9.17) is 26.5 Å². The van der Waals surface area contributed by atoms with Crippen LogP contribution in [0.25, 0.3) is 209 Å². The van der Waals surface area contributed by atoms with Crippen LogP contribution in [0, 0.1) is 0 Å². The van der Waals surface area contributed by atoms with Crippen LogP contribution in [0.15, 0.2) is 390 Å². The first-order chi connectivity index (χ1) is 55.4. The fourth-order valence-corrected chi connectivity index (χ4v) is 17.7. The molecule has 18 aromatic carbocycles. The van der Waals surface area contributed by atoms with Gasteiger partial charge in [-0.3, -0.25) is 0 Å². The van der Waals surface area contributed by atoms with Gasteiger partial charge < -0.3 is 36.3 Å². The molecule has 0 aliphatic carbocycles. The van der Waals surface area contributed by atoms with Crippen molar-refractivity contribution in [2.24, 2.45) is 0 Å². The predicted octanol–water partition coefficient (Wildman–Crippen LogP) is 30.7. The van der Waals surface area contributed by atoms with E-state index in [0.29, 0.717) is 0 Å². The first-order valence-corrected chi connectivity index (χ1v) is 37.9.